The van der Waals surface area contributed by atoms with E-state index in [1.165, 1.54) is 45.2 Å². The van der Waals surface area contributed by atoms with Crippen LogP contribution in [0.2, 0.25) is 0 Å². The maximum atomic E-state index is 6.20. The lowest BCUT2D eigenvalue weighted by atomic mass is 9.70. The molecule has 1 fully saturated rings. The van der Waals surface area contributed by atoms with E-state index in [2.05, 4.69) is 30.2 Å². The van der Waals surface area contributed by atoms with E-state index in [0.29, 0.717) is 11.5 Å². The molecular weight excluding hydrogens is 264 g/mol. The fourth-order valence-electron chi connectivity index (χ4n) is 4.01. The summed E-state index contributed by atoms with van der Waals surface area (Å²) >= 11 is 1.93. The second-order valence-electron chi connectivity index (χ2n) is 7.08. The Labute approximate surface area is 127 Å². The number of hydrogen-bond acceptors (Lipinski definition) is 3. The van der Waals surface area contributed by atoms with Gasteiger partial charge in [-0.05, 0) is 61.1 Å². The molecule has 1 atom stereocenters. The van der Waals surface area contributed by atoms with E-state index in [4.69, 9.17) is 5.73 Å². The summed E-state index contributed by atoms with van der Waals surface area (Å²) in [5, 5.41) is 2.26. The Balaban J connectivity index is 1.71. The molecule has 2 nitrogen and oxygen atoms in total. The zero-order valence-electron chi connectivity index (χ0n) is 12.9. The average molecular weight is 292 g/mol. The maximum Gasteiger partial charge on any atom is 0.0331 e. The highest BCUT2D eigenvalue weighted by Gasteiger charge is 2.37. The molecule has 20 heavy (non-hydrogen) atoms. The molecule has 3 heteroatoms. The largest absolute Gasteiger partial charge is 0.330 e. The van der Waals surface area contributed by atoms with Gasteiger partial charge in [-0.25, -0.2) is 0 Å². The second-order valence-corrected chi connectivity index (χ2v) is 8.08. The van der Waals surface area contributed by atoms with Crippen molar-refractivity contribution in [2.75, 3.05) is 19.6 Å². The molecule has 0 saturated heterocycles. The van der Waals surface area contributed by atoms with Crippen LogP contribution in [0.15, 0.2) is 11.4 Å². The van der Waals surface area contributed by atoms with Crippen molar-refractivity contribution in [2.45, 2.75) is 52.0 Å². The van der Waals surface area contributed by atoms with Gasteiger partial charge in [-0.15, -0.1) is 11.3 Å². The third-order valence-electron chi connectivity index (χ3n) is 5.71. The minimum absolute atomic E-state index is 0.383. The third-order valence-corrected chi connectivity index (χ3v) is 6.71. The predicted molar refractivity (Wildman–Crippen MR) is 87.1 cm³/mol. The van der Waals surface area contributed by atoms with Gasteiger partial charge in [0, 0.05) is 24.0 Å². The highest BCUT2D eigenvalue weighted by molar-refractivity contribution is 7.10. The lowest BCUT2D eigenvalue weighted by Crippen LogP contribution is -2.47. The standard InChI is InChI=1S/C17H28N2S/c1-13-3-7-17(11-18,8-4-13)12-19-9-5-16-15(14(19)2)6-10-20-16/h6,10,13-14H,3-5,7-9,11-12,18H2,1-2H3. The van der Waals surface area contributed by atoms with Gasteiger partial charge in [0.15, 0.2) is 0 Å². The van der Waals surface area contributed by atoms with Gasteiger partial charge in [0.2, 0.25) is 0 Å². The lowest BCUT2D eigenvalue weighted by Gasteiger charge is -2.45. The minimum Gasteiger partial charge on any atom is -0.330 e. The molecule has 1 saturated carbocycles. The maximum absolute atomic E-state index is 6.20. The summed E-state index contributed by atoms with van der Waals surface area (Å²) in [6.45, 7) is 8.04. The van der Waals surface area contributed by atoms with Crippen LogP contribution in [0.4, 0.5) is 0 Å². The van der Waals surface area contributed by atoms with Crippen molar-refractivity contribution in [1.82, 2.24) is 4.90 Å². The van der Waals surface area contributed by atoms with Crippen molar-refractivity contribution in [3.63, 3.8) is 0 Å². The molecule has 1 aromatic heterocycles. The molecular formula is C17H28N2S. The van der Waals surface area contributed by atoms with Crippen LogP contribution in [0.1, 0.15) is 56.0 Å². The van der Waals surface area contributed by atoms with Crippen LogP contribution in [0.5, 0.6) is 0 Å². The molecule has 0 amide bonds. The number of nitrogens with two attached hydrogens (primary N) is 1. The molecule has 1 aromatic rings. The Kier molecular flexibility index (Phi) is 4.21. The number of thiophene rings is 1. The van der Waals surface area contributed by atoms with E-state index in [1.807, 2.05) is 11.3 Å². The average Bonchev–Trinajstić information content (AvgIpc) is 2.94. The smallest absolute Gasteiger partial charge is 0.0331 e. The van der Waals surface area contributed by atoms with E-state index in [-0.39, 0.29) is 0 Å². The topological polar surface area (TPSA) is 29.3 Å². The van der Waals surface area contributed by atoms with Crippen LogP contribution < -0.4 is 5.73 Å². The minimum atomic E-state index is 0.383. The van der Waals surface area contributed by atoms with Crippen molar-refractivity contribution >= 4 is 11.3 Å². The Hall–Kier alpha value is -0.380. The Morgan fingerprint density at radius 1 is 1.35 bits per heavy atom. The van der Waals surface area contributed by atoms with Gasteiger partial charge in [0.05, 0.1) is 0 Å². The fraction of sp³-hybridized carbons (Fsp3) is 0.765. The third kappa shape index (κ3) is 2.68. The Morgan fingerprint density at radius 3 is 2.80 bits per heavy atom. The SMILES string of the molecule is CC1CCC(CN)(CN2CCc3sccc3C2C)CC1. The molecule has 0 bridgehead atoms. The van der Waals surface area contributed by atoms with Crippen molar-refractivity contribution in [3.8, 4) is 0 Å². The summed E-state index contributed by atoms with van der Waals surface area (Å²) < 4.78 is 0. The summed E-state index contributed by atoms with van der Waals surface area (Å²) in [5.41, 5.74) is 8.15. The van der Waals surface area contributed by atoms with Crippen LogP contribution in [0.25, 0.3) is 0 Å². The van der Waals surface area contributed by atoms with E-state index < -0.39 is 0 Å². The summed E-state index contributed by atoms with van der Waals surface area (Å²) in [5.74, 6) is 0.900. The molecule has 2 N–H and O–H groups in total. The first-order chi connectivity index (χ1) is 9.63. The molecule has 1 unspecified atom stereocenters. The first-order valence-corrected chi connectivity index (χ1v) is 9.02. The van der Waals surface area contributed by atoms with Gasteiger partial charge in [0.1, 0.15) is 0 Å². The summed E-state index contributed by atoms with van der Waals surface area (Å²) in [7, 11) is 0. The summed E-state index contributed by atoms with van der Waals surface area (Å²) in [6.07, 6.45) is 6.61. The van der Waals surface area contributed by atoms with Crippen LogP contribution in [0, 0.1) is 11.3 Å². The van der Waals surface area contributed by atoms with Gasteiger partial charge >= 0.3 is 0 Å². The Bertz CT molecular complexity index is 446. The zero-order valence-corrected chi connectivity index (χ0v) is 13.7. The summed E-state index contributed by atoms with van der Waals surface area (Å²) in [6, 6.07) is 2.90. The molecule has 0 aromatic carbocycles. The molecule has 112 valence electrons. The monoisotopic (exact) mass is 292 g/mol. The van der Waals surface area contributed by atoms with Gasteiger partial charge in [-0.1, -0.05) is 19.8 Å². The molecule has 3 rings (SSSR count). The highest BCUT2D eigenvalue weighted by Crippen LogP contribution is 2.41. The van der Waals surface area contributed by atoms with Gasteiger partial charge < -0.3 is 5.73 Å². The molecule has 1 aliphatic heterocycles. The first kappa shape index (κ1) is 14.6. The number of hydrogen-bond donors (Lipinski definition) is 1. The van der Waals surface area contributed by atoms with Crippen LogP contribution in [-0.2, 0) is 6.42 Å². The van der Waals surface area contributed by atoms with Gasteiger partial charge in [-0.2, -0.15) is 0 Å². The van der Waals surface area contributed by atoms with Crippen molar-refractivity contribution in [3.05, 3.63) is 21.9 Å². The summed E-state index contributed by atoms with van der Waals surface area (Å²) in [4.78, 5) is 4.30. The van der Waals surface area contributed by atoms with Crippen molar-refractivity contribution < 1.29 is 0 Å². The van der Waals surface area contributed by atoms with E-state index >= 15 is 0 Å². The fourth-order valence-corrected chi connectivity index (χ4v) is 4.97. The van der Waals surface area contributed by atoms with Crippen LogP contribution in [-0.4, -0.2) is 24.5 Å². The highest BCUT2D eigenvalue weighted by atomic mass is 32.1. The van der Waals surface area contributed by atoms with E-state index in [9.17, 15) is 0 Å². The number of nitrogens with zero attached hydrogens (tertiary/aromatic N) is 1. The molecule has 2 aliphatic rings. The zero-order chi connectivity index (χ0) is 14.2. The quantitative estimate of drug-likeness (QED) is 0.917. The van der Waals surface area contributed by atoms with Gasteiger partial charge in [-0.3, -0.25) is 4.90 Å². The van der Waals surface area contributed by atoms with E-state index in [0.717, 1.165) is 12.5 Å². The van der Waals surface area contributed by atoms with Crippen LogP contribution >= 0.6 is 11.3 Å². The lowest BCUT2D eigenvalue weighted by molar-refractivity contribution is 0.0696. The predicted octanol–water partition coefficient (Wildman–Crippen LogP) is 3.82. The first-order valence-electron chi connectivity index (χ1n) is 8.14. The molecule has 0 spiro atoms. The Morgan fingerprint density at radius 2 is 2.10 bits per heavy atom. The van der Waals surface area contributed by atoms with Crippen molar-refractivity contribution in [2.24, 2.45) is 17.1 Å². The molecule has 0 radical (unpaired) electrons. The van der Waals surface area contributed by atoms with Crippen molar-refractivity contribution in [1.29, 1.82) is 0 Å². The molecule has 1 aliphatic carbocycles. The number of rotatable bonds is 3. The van der Waals surface area contributed by atoms with Gasteiger partial charge in [0.25, 0.3) is 0 Å². The number of fused-ring (bicyclic) bond motifs is 1. The second kappa shape index (κ2) is 5.78. The van der Waals surface area contributed by atoms with E-state index in [1.54, 1.807) is 10.4 Å². The van der Waals surface area contributed by atoms with Crippen LogP contribution in [0.3, 0.4) is 0 Å². The normalized spacial score (nSPS) is 35.0. The molecule has 2 heterocycles.